The van der Waals surface area contributed by atoms with E-state index < -0.39 is 0 Å². The van der Waals surface area contributed by atoms with Gasteiger partial charge in [-0.15, -0.1) is 0 Å². The zero-order valence-electron chi connectivity index (χ0n) is 13.3. The van der Waals surface area contributed by atoms with E-state index in [1.54, 1.807) is 0 Å². The van der Waals surface area contributed by atoms with Crippen molar-refractivity contribution in [1.29, 1.82) is 0 Å². The molecule has 0 aromatic rings. The Morgan fingerprint density at radius 2 is 2.20 bits per heavy atom. The van der Waals surface area contributed by atoms with E-state index in [0.717, 1.165) is 39.1 Å². The molecule has 1 heterocycles. The first-order valence-corrected chi connectivity index (χ1v) is 7.77. The van der Waals surface area contributed by atoms with Gasteiger partial charge in [-0.2, -0.15) is 0 Å². The topological polar surface area (TPSA) is 67.6 Å². The van der Waals surface area contributed by atoms with Crippen molar-refractivity contribution in [2.45, 2.75) is 46.1 Å². The summed E-state index contributed by atoms with van der Waals surface area (Å²) in [7, 11) is 0. The number of nitrogens with zero attached hydrogens (tertiary/aromatic N) is 1. The largest absolute Gasteiger partial charge is 0.374 e. The maximum atomic E-state index is 11.9. The molecule has 118 valence electrons. The van der Waals surface area contributed by atoms with Crippen LogP contribution in [0.5, 0.6) is 0 Å². The molecule has 0 aromatic heterocycles. The van der Waals surface area contributed by atoms with E-state index in [1.165, 1.54) is 0 Å². The smallest absolute Gasteiger partial charge is 0.220 e. The second-order valence-electron chi connectivity index (χ2n) is 6.39. The van der Waals surface area contributed by atoms with Crippen molar-refractivity contribution in [2.24, 2.45) is 11.1 Å². The third-order valence-electron chi connectivity index (χ3n) is 4.05. The second kappa shape index (κ2) is 8.60. The molecular formula is C15H31N3O2. The maximum Gasteiger partial charge on any atom is 0.220 e. The van der Waals surface area contributed by atoms with Crippen LogP contribution in [0, 0.1) is 5.41 Å². The van der Waals surface area contributed by atoms with Gasteiger partial charge >= 0.3 is 0 Å². The van der Waals surface area contributed by atoms with Gasteiger partial charge in [-0.1, -0.05) is 20.8 Å². The van der Waals surface area contributed by atoms with E-state index in [0.29, 0.717) is 19.5 Å². The van der Waals surface area contributed by atoms with Crippen molar-refractivity contribution >= 4 is 5.91 Å². The van der Waals surface area contributed by atoms with Gasteiger partial charge in [0, 0.05) is 26.1 Å². The average Bonchev–Trinajstić information content (AvgIpc) is 2.43. The number of ether oxygens (including phenoxy) is 1. The lowest BCUT2D eigenvalue weighted by atomic mass is 9.84. The molecule has 1 amide bonds. The highest BCUT2D eigenvalue weighted by Crippen LogP contribution is 2.25. The number of hydrogen-bond donors (Lipinski definition) is 2. The number of carbonyl (C=O) groups is 1. The van der Waals surface area contributed by atoms with Gasteiger partial charge in [0.2, 0.25) is 5.91 Å². The summed E-state index contributed by atoms with van der Waals surface area (Å²) in [5, 5.41) is 2.99. The van der Waals surface area contributed by atoms with Gasteiger partial charge in [0.05, 0.1) is 12.7 Å². The molecule has 0 radical (unpaired) electrons. The number of nitrogens with one attached hydrogen (secondary N) is 1. The molecule has 1 aliphatic heterocycles. The van der Waals surface area contributed by atoms with E-state index in [4.69, 9.17) is 10.5 Å². The van der Waals surface area contributed by atoms with Gasteiger partial charge < -0.3 is 15.8 Å². The van der Waals surface area contributed by atoms with Crippen LogP contribution in [-0.2, 0) is 9.53 Å². The van der Waals surface area contributed by atoms with Crippen LogP contribution in [0.1, 0.15) is 40.0 Å². The summed E-state index contributed by atoms with van der Waals surface area (Å²) >= 11 is 0. The molecule has 1 unspecified atom stereocenters. The summed E-state index contributed by atoms with van der Waals surface area (Å²) in [5.41, 5.74) is 5.73. The Morgan fingerprint density at radius 3 is 2.85 bits per heavy atom. The van der Waals surface area contributed by atoms with Crippen molar-refractivity contribution in [3.8, 4) is 0 Å². The Kier molecular flexibility index (Phi) is 7.48. The number of hydrogen-bond acceptors (Lipinski definition) is 4. The quantitative estimate of drug-likeness (QED) is 0.697. The molecule has 5 heteroatoms. The van der Waals surface area contributed by atoms with Crippen molar-refractivity contribution in [2.75, 3.05) is 39.3 Å². The molecule has 1 saturated heterocycles. The SMILES string of the molecule is CCN1CCOC(CNC(=O)CCC(C)(C)CCN)C1. The lowest BCUT2D eigenvalue weighted by Crippen LogP contribution is -2.47. The first kappa shape index (κ1) is 17.4. The Labute approximate surface area is 123 Å². The number of amides is 1. The maximum absolute atomic E-state index is 11.9. The molecule has 3 N–H and O–H groups in total. The van der Waals surface area contributed by atoms with Gasteiger partial charge in [0.15, 0.2) is 0 Å². The Morgan fingerprint density at radius 1 is 1.45 bits per heavy atom. The molecule has 1 aliphatic rings. The summed E-state index contributed by atoms with van der Waals surface area (Å²) in [6, 6.07) is 0. The lowest BCUT2D eigenvalue weighted by molar-refractivity contribution is -0.122. The second-order valence-corrected chi connectivity index (χ2v) is 6.39. The minimum Gasteiger partial charge on any atom is -0.374 e. The third kappa shape index (κ3) is 6.68. The molecule has 0 saturated carbocycles. The summed E-state index contributed by atoms with van der Waals surface area (Å²) < 4.78 is 5.67. The number of carbonyl (C=O) groups excluding carboxylic acids is 1. The van der Waals surface area contributed by atoms with Crippen LogP contribution >= 0.6 is 0 Å². The summed E-state index contributed by atoms with van der Waals surface area (Å²) in [5.74, 6) is 0.118. The van der Waals surface area contributed by atoms with Crippen molar-refractivity contribution in [1.82, 2.24) is 10.2 Å². The van der Waals surface area contributed by atoms with Crippen LogP contribution in [0.2, 0.25) is 0 Å². The molecule has 0 bridgehead atoms. The Balaban J connectivity index is 2.19. The lowest BCUT2D eigenvalue weighted by Gasteiger charge is -2.32. The predicted octanol–water partition coefficient (Wildman–Crippen LogP) is 0.979. The molecule has 1 atom stereocenters. The molecule has 0 aliphatic carbocycles. The zero-order valence-corrected chi connectivity index (χ0v) is 13.3. The van der Waals surface area contributed by atoms with Crippen molar-refractivity contribution in [3.63, 3.8) is 0 Å². The monoisotopic (exact) mass is 285 g/mol. The highest BCUT2D eigenvalue weighted by atomic mass is 16.5. The van der Waals surface area contributed by atoms with Gasteiger partial charge in [-0.25, -0.2) is 0 Å². The van der Waals surface area contributed by atoms with E-state index in [2.05, 4.69) is 31.0 Å². The standard InChI is InChI=1S/C15H31N3O2/c1-4-18-9-10-20-13(12-18)11-17-14(19)5-6-15(2,3)7-8-16/h13H,4-12,16H2,1-3H3,(H,17,19). The summed E-state index contributed by atoms with van der Waals surface area (Å²) in [6.07, 6.45) is 2.53. The van der Waals surface area contributed by atoms with E-state index in [-0.39, 0.29) is 17.4 Å². The van der Waals surface area contributed by atoms with Crippen LogP contribution in [-0.4, -0.2) is 56.2 Å². The number of likely N-dealkylation sites (N-methyl/N-ethyl adjacent to an activating group) is 1. The van der Waals surface area contributed by atoms with Crippen LogP contribution in [0.4, 0.5) is 0 Å². The molecule has 0 spiro atoms. The van der Waals surface area contributed by atoms with Crippen molar-refractivity contribution in [3.05, 3.63) is 0 Å². The van der Waals surface area contributed by atoms with Gasteiger partial charge in [0.25, 0.3) is 0 Å². The van der Waals surface area contributed by atoms with Crippen LogP contribution < -0.4 is 11.1 Å². The van der Waals surface area contributed by atoms with E-state index in [9.17, 15) is 4.79 Å². The molecule has 1 rings (SSSR count). The van der Waals surface area contributed by atoms with Crippen LogP contribution in [0.25, 0.3) is 0 Å². The Hall–Kier alpha value is -0.650. The predicted molar refractivity (Wildman–Crippen MR) is 81.6 cm³/mol. The number of morpholine rings is 1. The molecule has 5 nitrogen and oxygen atoms in total. The summed E-state index contributed by atoms with van der Waals surface area (Å²) in [6.45, 7) is 11.5. The molecular weight excluding hydrogens is 254 g/mol. The Bertz CT molecular complexity index is 295. The van der Waals surface area contributed by atoms with E-state index in [1.807, 2.05) is 0 Å². The normalized spacial score (nSPS) is 20.9. The van der Waals surface area contributed by atoms with Crippen molar-refractivity contribution < 1.29 is 9.53 Å². The number of nitrogens with two attached hydrogens (primary N) is 1. The highest BCUT2D eigenvalue weighted by Gasteiger charge is 2.21. The van der Waals surface area contributed by atoms with Crippen LogP contribution in [0.3, 0.4) is 0 Å². The number of rotatable bonds is 8. The highest BCUT2D eigenvalue weighted by molar-refractivity contribution is 5.75. The fraction of sp³-hybridized carbons (Fsp3) is 0.933. The fourth-order valence-electron chi connectivity index (χ4n) is 2.47. The van der Waals surface area contributed by atoms with Gasteiger partial charge in [-0.3, -0.25) is 9.69 Å². The molecule has 20 heavy (non-hydrogen) atoms. The van der Waals surface area contributed by atoms with Gasteiger partial charge in [-0.05, 0) is 31.3 Å². The van der Waals surface area contributed by atoms with Gasteiger partial charge in [0.1, 0.15) is 0 Å². The molecule has 0 aromatic carbocycles. The van der Waals surface area contributed by atoms with E-state index >= 15 is 0 Å². The van der Waals surface area contributed by atoms with Crippen LogP contribution in [0.15, 0.2) is 0 Å². The zero-order chi connectivity index (χ0) is 15.0. The first-order valence-electron chi connectivity index (χ1n) is 7.77. The third-order valence-corrected chi connectivity index (χ3v) is 4.05. The minimum absolute atomic E-state index is 0.118. The molecule has 1 fully saturated rings. The average molecular weight is 285 g/mol. The first-order chi connectivity index (χ1) is 9.46. The minimum atomic E-state index is 0.118. The fourth-order valence-corrected chi connectivity index (χ4v) is 2.47. The summed E-state index contributed by atoms with van der Waals surface area (Å²) in [4.78, 5) is 14.2.